The average molecular weight is 362 g/mol. The lowest BCUT2D eigenvalue weighted by molar-refractivity contribution is 0.122. The summed E-state index contributed by atoms with van der Waals surface area (Å²) < 4.78 is 3.84. The van der Waals surface area contributed by atoms with E-state index < -0.39 is 6.09 Å². The summed E-state index contributed by atoms with van der Waals surface area (Å²) in [5, 5.41) is 13.7. The molecule has 5 rings (SSSR count). The van der Waals surface area contributed by atoms with E-state index in [0.717, 1.165) is 40.8 Å². The van der Waals surface area contributed by atoms with Gasteiger partial charge in [0, 0.05) is 24.8 Å². The van der Waals surface area contributed by atoms with E-state index in [-0.39, 0.29) is 6.04 Å². The van der Waals surface area contributed by atoms with Crippen LogP contribution in [0.4, 0.5) is 4.79 Å². The van der Waals surface area contributed by atoms with E-state index in [4.69, 9.17) is 4.98 Å². The summed E-state index contributed by atoms with van der Waals surface area (Å²) in [5.41, 5.74) is 4.37. The molecule has 1 N–H and O–H groups in total. The Morgan fingerprint density at radius 3 is 3.04 bits per heavy atom. The molecule has 4 aromatic heterocycles. The molecule has 1 atom stereocenters. The monoisotopic (exact) mass is 362 g/mol. The summed E-state index contributed by atoms with van der Waals surface area (Å²) in [5.74, 6) is 0. The smallest absolute Gasteiger partial charge is 0.407 e. The molecule has 4 aromatic rings. The number of amides is 1. The number of carboxylic acid groups (broad SMARTS) is 1. The molecule has 0 saturated carbocycles. The molecule has 5 heterocycles. The molecule has 0 aliphatic carbocycles. The highest BCUT2D eigenvalue weighted by Crippen LogP contribution is 2.28. The predicted octanol–water partition coefficient (Wildman–Crippen LogP) is 3.06. The van der Waals surface area contributed by atoms with E-state index in [1.165, 1.54) is 4.90 Å². The lowest BCUT2D eigenvalue weighted by atomic mass is 10.1. The quantitative estimate of drug-likeness (QED) is 0.592. The van der Waals surface area contributed by atoms with Crippen LogP contribution in [0.15, 0.2) is 49.1 Å². The summed E-state index contributed by atoms with van der Waals surface area (Å²) in [6.45, 7) is 1.04. The standard InChI is InChI=1S/C19H18N6O2/c26-19(27)23-8-3-4-13(11-23)24-12-20-16-7-6-15(22-18(16)24)14-10-21-25-9-2-1-5-17(14)25/h1-2,5-7,9-10,12-13H,3-4,8,11H2,(H,26,27). The van der Waals surface area contributed by atoms with Crippen LogP contribution < -0.4 is 0 Å². The molecule has 8 nitrogen and oxygen atoms in total. The van der Waals surface area contributed by atoms with Crippen molar-refractivity contribution < 1.29 is 9.90 Å². The SMILES string of the molecule is O=C(O)N1CCCC(n2cnc3ccc(-c4cnn5ccccc45)nc32)C1. The van der Waals surface area contributed by atoms with E-state index in [2.05, 4.69) is 10.1 Å². The summed E-state index contributed by atoms with van der Waals surface area (Å²) in [6, 6.07) is 9.88. The number of aromatic nitrogens is 5. The van der Waals surface area contributed by atoms with Gasteiger partial charge in [0.25, 0.3) is 0 Å². The zero-order chi connectivity index (χ0) is 18.4. The highest BCUT2D eigenvalue weighted by atomic mass is 16.4. The third kappa shape index (κ3) is 2.61. The molecule has 1 aliphatic heterocycles. The molecule has 1 amide bonds. The number of fused-ring (bicyclic) bond motifs is 2. The van der Waals surface area contributed by atoms with Crippen molar-refractivity contribution in [1.29, 1.82) is 0 Å². The topological polar surface area (TPSA) is 88.5 Å². The number of hydrogen-bond donors (Lipinski definition) is 1. The molecule has 1 fully saturated rings. The van der Waals surface area contributed by atoms with Crippen LogP contribution in [0.1, 0.15) is 18.9 Å². The molecule has 1 aliphatic rings. The molecule has 1 unspecified atom stereocenters. The molecule has 27 heavy (non-hydrogen) atoms. The lowest BCUT2D eigenvalue weighted by Crippen LogP contribution is -2.39. The van der Waals surface area contributed by atoms with E-state index in [9.17, 15) is 9.90 Å². The second-order valence-electron chi connectivity index (χ2n) is 6.80. The largest absolute Gasteiger partial charge is 0.465 e. The van der Waals surface area contributed by atoms with Crippen LogP contribution in [0.5, 0.6) is 0 Å². The second kappa shape index (κ2) is 6.08. The number of piperidine rings is 1. The van der Waals surface area contributed by atoms with Crippen molar-refractivity contribution in [1.82, 2.24) is 29.0 Å². The van der Waals surface area contributed by atoms with Crippen molar-refractivity contribution in [2.75, 3.05) is 13.1 Å². The number of pyridine rings is 2. The Morgan fingerprint density at radius 2 is 2.15 bits per heavy atom. The fourth-order valence-corrected chi connectivity index (χ4v) is 3.82. The highest BCUT2D eigenvalue weighted by Gasteiger charge is 2.26. The Labute approximate surface area is 154 Å². The number of likely N-dealkylation sites (tertiary alicyclic amines) is 1. The van der Waals surface area contributed by atoms with Gasteiger partial charge in [-0.15, -0.1) is 0 Å². The maximum Gasteiger partial charge on any atom is 0.407 e. The minimum atomic E-state index is -0.871. The van der Waals surface area contributed by atoms with Gasteiger partial charge in [0.15, 0.2) is 5.65 Å². The first-order valence-electron chi connectivity index (χ1n) is 8.95. The van der Waals surface area contributed by atoms with Gasteiger partial charge in [0.2, 0.25) is 0 Å². The molecule has 0 radical (unpaired) electrons. The van der Waals surface area contributed by atoms with Crippen LogP contribution in [-0.4, -0.2) is 53.3 Å². The first kappa shape index (κ1) is 15.8. The minimum Gasteiger partial charge on any atom is -0.465 e. The Bertz CT molecular complexity index is 1150. The Balaban J connectivity index is 1.58. The molecule has 1 saturated heterocycles. The Kier molecular flexibility index (Phi) is 3.56. The van der Waals surface area contributed by atoms with Crippen LogP contribution in [0.3, 0.4) is 0 Å². The Hall–Kier alpha value is -3.42. The van der Waals surface area contributed by atoms with Crippen molar-refractivity contribution in [3.63, 3.8) is 0 Å². The van der Waals surface area contributed by atoms with E-state index >= 15 is 0 Å². The van der Waals surface area contributed by atoms with Crippen LogP contribution in [0, 0.1) is 0 Å². The zero-order valence-electron chi connectivity index (χ0n) is 14.6. The summed E-state index contributed by atoms with van der Waals surface area (Å²) >= 11 is 0. The van der Waals surface area contributed by atoms with Gasteiger partial charge < -0.3 is 14.6 Å². The summed E-state index contributed by atoms with van der Waals surface area (Å²) in [6.07, 6.45) is 6.38. The van der Waals surface area contributed by atoms with Gasteiger partial charge in [-0.2, -0.15) is 5.10 Å². The molecule has 0 spiro atoms. The van der Waals surface area contributed by atoms with Crippen molar-refractivity contribution in [2.45, 2.75) is 18.9 Å². The van der Waals surface area contributed by atoms with Crippen LogP contribution in [0.2, 0.25) is 0 Å². The third-order valence-corrected chi connectivity index (χ3v) is 5.18. The lowest BCUT2D eigenvalue weighted by Gasteiger charge is -2.31. The average Bonchev–Trinajstić information content (AvgIpc) is 3.31. The van der Waals surface area contributed by atoms with Gasteiger partial charge >= 0.3 is 6.09 Å². The van der Waals surface area contributed by atoms with E-state index in [0.29, 0.717) is 13.1 Å². The van der Waals surface area contributed by atoms with E-state index in [1.807, 2.05) is 51.8 Å². The number of nitrogens with zero attached hydrogens (tertiary/aromatic N) is 6. The van der Waals surface area contributed by atoms with Gasteiger partial charge in [-0.25, -0.2) is 19.3 Å². The summed E-state index contributed by atoms with van der Waals surface area (Å²) in [4.78, 5) is 22.1. The molecule has 0 aromatic carbocycles. The van der Waals surface area contributed by atoms with Crippen molar-refractivity contribution in [2.24, 2.45) is 0 Å². The van der Waals surface area contributed by atoms with Crippen LogP contribution in [-0.2, 0) is 0 Å². The number of hydrogen-bond acceptors (Lipinski definition) is 4. The maximum atomic E-state index is 11.3. The van der Waals surface area contributed by atoms with Crippen molar-refractivity contribution >= 4 is 22.8 Å². The molecule has 0 bridgehead atoms. The van der Waals surface area contributed by atoms with Gasteiger partial charge in [0.1, 0.15) is 5.52 Å². The van der Waals surface area contributed by atoms with Gasteiger partial charge in [-0.3, -0.25) is 0 Å². The van der Waals surface area contributed by atoms with E-state index in [1.54, 1.807) is 6.33 Å². The first-order chi connectivity index (χ1) is 13.2. The van der Waals surface area contributed by atoms with Crippen molar-refractivity contribution in [3.8, 4) is 11.3 Å². The van der Waals surface area contributed by atoms with Crippen molar-refractivity contribution in [3.05, 3.63) is 49.1 Å². The number of imidazole rings is 1. The number of carbonyl (C=O) groups is 1. The number of rotatable bonds is 2. The zero-order valence-corrected chi connectivity index (χ0v) is 14.6. The van der Waals surface area contributed by atoms with Crippen LogP contribution >= 0.6 is 0 Å². The fourth-order valence-electron chi connectivity index (χ4n) is 3.82. The second-order valence-corrected chi connectivity index (χ2v) is 6.80. The highest BCUT2D eigenvalue weighted by molar-refractivity contribution is 5.82. The normalized spacial score (nSPS) is 17.6. The maximum absolute atomic E-state index is 11.3. The molecular weight excluding hydrogens is 344 g/mol. The van der Waals surface area contributed by atoms with Gasteiger partial charge in [-0.05, 0) is 37.1 Å². The van der Waals surface area contributed by atoms with Gasteiger partial charge in [0.05, 0.1) is 29.8 Å². The first-order valence-corrected chi connectivity index (χ1v) is 8.95. The molecule has 136 valence electrons. The summed E-state index contributed by atoms with van der Waals surface area (Å²) in [7, 11) is 0. The minimum absolute atomic E-state index is 0.0477. The predicted molar refractivity (Wildman–Crippen MR) is 99.6 cm³/mol. The van der Waals surface area contributed by atoms with Gasteiger partial charge in [-0.1, -0.05) is 6.07 Å². The van der Waals surface area contributed by atoms with Crippen LogP contribution in [0.25, 0.3) is 27.9 Å². The third-order valence-electron chi connectivity index (χ3n) is 5.18. The molecule has 8 heteroatoms. The fraction of sp³-hybridized carbons (Fsp3) is 0.263. The molecular formula is C19H18N6O2. The Morgan fingerprint density at radius 1 is 1.22 bits per heavy atom.